The number of nitrogens with two attached hydrogens (primary N) is 1. The van der Waals surface area contributed by atoms with E-state index in [2.05, 4.69) is 15.4 Å². The number of amides is 1. The van der Waals surface area contributed by atoms with Gasteiger partial charge in [-0.3, -0.25) is 4.79 Å². The highest BCUT2D eigenvalue weighted by atomic mass is 19.1. The molecule has 3 aromatic rings. The summed E-state index contributed by atoms with van der Waals surface area (Å²) >= 11 is 0. The van der Waals surface area contributed by atoms with Gasteiger partial charge < -0.3 is 11.1 Å². The van der Waals surface area contributed by atoms with Crippen LogP contribution in [-0.2, 0) is 11.3 Å². The predicted octanol–water partition coefficient (Wildman–Crippen LogP) is 1.33. The van der Waals surface area contributed by atoms with Crippen LogP contribution in [0.1, 0.15) is 6.92 Å². The summed E-state index contributed by atoms with van der Waals surface area (Å²) in [6.07, 6.45) is 3.59. The first kappa shape index (κ1) is 17.5. The van der Waals surface area contributed by atoms with Crippen LogP contribution in [0.4, 0.5) is 10.2 Å². The van der Waals surface area contributed by atoms with Gasteiger partial charge in [-0.25, -0.2) is 23.3 Å². The van der Waals surface area contributed by atoms with E-state index < -0.39 is 5.69 Å². The SMILES string of the molecule is CC(=O)Nc1cc(-c2ccc3nn(C/C(=C/F)CN)c(=O)n3c2)ccn1. The Bertz CT molecular complexity index is 1050. The van der Waals surface area contributed by atoms with Gasteiger partial charge in [0.05, 0.1) is 12.9 Å². The van der Waals surface area contributed by atoms with Crippen LogP contribution in [0.25, 0.3) is 16.8 Å². The molecule has 0 saturated carbocycles. The Morgan fingerprint density at radius 1 is 1.35 bits per heavy atom. The van der Waals surface area contributed by atoms with Crippen molar-refractivity contribution in [2.24, 2.45) is 5.73 Å². The molecule has 134 valence electrons. The molecule has 0 bridgehead atoms. The second-order valence-electron chi connectivity index (χ2n) is 5.67. The van der Waals surface area contributed by atoms with Gasteiger partial charge in [-0.15, -0.1) is 5.10 Å². The van der Waals surface area contributed by atoms with Crippen molar-refractivity contribution in [3.8, 4) is 11.1 Å². The van der Waals surface area contributed by atoms with E-state index in [1.165, 1.54) is 11.3 Å². The fourth-order valence-corrected chi connectivity index (χ4v) is 2.49. The summed E-state index contributed by atoms with van der Waals surface area (Å²) < 4.78 is 15.3. The number of rotatable bonds is 5. The highest BCUT2D eigenvalue weighted by molar-refractivity contribution is 5.88. The van der Waals surface area contributed by atoms with E-state index in [-0.39, 0.29) is 24.6 Å². The number of nitrogens with zero attached hydrogens (tertiary/aromatic N) is 4. The van der Waals surface area contributed by atoms with Crippen LogP contribution >= 0.6 is 0 Å². The molecule has 0 aliphatic rings. The summed E-state index contributed by atoms with van der Waals surface area (Å²) in [5.41, 5.74) is 7.25. The molecule has 3 N–H and O–H groups in total. The normalized spacial score (nSPS) is 11.7. The van der Waals surface area contributed by atoms with Crippen LogP contribution in [0.15, 0.2) is 53.4 Å². The molecule has 0 atom stereocenters. The molecule has 1 amide bonds. The van der Waals surface area contributed by atoms with Gasteiger partial charge in [0.15, 0.2) is 5.65 Å². The molecule has 0 spiro atoms. The van der Waals surface area contributed by atoms with Crippen LogP contribution in [0.2, 0.25) is 0 Å². The Labute approximate surface area is 147 Å². The van der Waals surface area contributed by atoms with Crippen molar-refractivity contribution in [3.63, 3.8) is 0 Å². The maximum atomic E-state index is 12.7. The lowest BCUT2D eigenvalue weighted by atomic mass is 10.1. The number of aromatic nitrogens is 4. The summed E-state index contributed by atoms with van der Waals surface area (Å²) in [7, 11) is 0. The molecule has 0 radical (unpaired) electrons. The van der Waals surface area contributed by atoms with Gasteiger partial charge in [-0.1, -0.05) is 0 Å². The van der Waals surface area contributed by atoms with E-state index >= 15 is 0 Å². The van der Waals surface area contributed by atoms with Gasteiger partial charge >= 0.3 is 5.69 Å². The van der Waals surface area contributed by atoms with Crippen LogP contribution in [-0.4, -0.2) is 31.6 Å². The first-order valence-corrected chi connectivity index (χ1v) is 7.83. The Morgan fingerprint density at radius 3 is 2.85 bits per heavy atom. The number of nitrogens with one attached hydrogen (secondary N) is 1. The summed E-state index contributed by atoms with van der Waals surface area (Å²) in [6.45, 7) is 1.39. The van der Waals surface area contributed by atoms with Gasteiger partial charge in [-0.2, -0.15) is 0 Å². The average Bonchev–Trinajstić information content (AvgIpc) is 2.94. The summed E-state index contributed by atoms with van der Waals surface area (Å²) in [4.78, 5) is 27.7. The van der Waals surface area contributed by atoms with Gasteiger partial charge in [0, 0.05) is 25.9 Å². The molecule has 3 heterocycles. The number of anilines is 1. The average molecular weight is 356 g/mol. The van der Waals surface area contributed by atoms with E-state index in [9.17, 15) is 14.0 Å². The Balaban J connectivity index is 2.01. The van der Waals surface area contributed by atoms with Gasteiger partial charge in [0.25, 0.3) is 0 Å². The number of hydrogen-bond donors (Lipinski definition) is 2. The van der Waals surface area contributed by atoms with Crippen molar-refractivity contribution in [3.05, 3.63) is 59.0 Å². The third-order valence-corrected chi connectivity index (χ3v) is 3.74. The first-order chi connectivity index (χ1) is 12.5. The molecule has 0 fully saturated rings. The second-order valence-corrected chi connectivity index (χ2v) is 5.67. The van der Waals surface area contributed by atoms with E-state index in [4.69, 9.17) is 5.73 Å². The largest absolute Gasteiger partial charge is 0.350 e. The molecule has 8 nitrogen and oxygen atoms in total. The van der Waals surface area contributed by atoms with Crippen molar-refractivity contribution >= 4 is 17.4 Å². The second kappa shape index (κ2) is 7.28. The predicted molar refractivity (Wildman–Crippen MR) is 95.2 cm³/mol. The van der Waals surface area contributed by atoms with Crippen LogP contribution in [0, 0.1) is 0 Å². The van der Waals surface area contributed by atoms with E-state index in [1.807, 2.05) is 0 Å². The molecule has 0 unspecified atom stereocenters. The summed E-state index contributed by atoms with van der Waals surface area (Å²) in [6, 6.07) is 6.96. The van der Waals surface area contributed by atoms with Crippen LogP contribution in [0.3, 0.4) is 0 Å². The molecule has 3 rings (SSSR count). The monoisotopic (exact) mass is 356 g/mol. The lowest BCUT2D eigenvalue weighted by molar-refractivity contribution is -0.114. The lowest BCUT2D eigenvalue weighted by Crippen LogP contribution is -2.23. The van der Waals surface area contributed by atoms with Crippen molar-refractivity contribution in [2.75, 3.05) is 11.9 Å². The maximum Gasteiger partial charge on any atom is 0.350 e. The van der Waals surface area contributed by atoms with Crippen molar-refractivity contribution in [2.45, 2.75) is 13.5 Å². The third-order valence-electron chi connectivity index (χ3n) is 3.74. The lowest BCUT2D eigenvalue weighted by Gasteiger charge is -2.05. The zero-order valence-corrected chi connectivity index (χ0v) is 14.0. The molecular formula is C17H17FN6O2. The minimum absolute atomic E-state index is 0.00496. The number of carbonyl (C=O) groups excluding carboxylic acids is 1. The zero-order valence-electron chi connectivity index (χ0n) is 14.0. The summed E-state index contributed by atoms with van der Waals surface area (Å²) in [5, 5.41) is 6.79. The number of fused-ring (bicyclic) bond motifs is 1. The van der Waals surface area contributed by atoms with Crippen molar-refractivity contribution in [1.82, 2.24) is 19.2 Å². The third kappa shape index (κ3) is 3.52. The highest BCUT2D eigenvalue weighted by Crippen LogP contribution is 2.21. The molecular weight excluding hydrogens is 339 g/mol. The number of halogens is 1. The molecule has 0 saturated heterocycles. The fraction of sp³-hybridized carbons (Fsp3) is 0.176. The Hall–Kier alpha value is -3.33. The minimum Gasteiger partial charge on any atom is -0.327 e. The topological polar surface area (TPSA) is 107 Å². The number of pyridine rings is 2. The first-order valence-electron chi connectivity index (χ1n) is 7.83. The van der Waals surface area contributed by atoms with Gasteiger partial charge in [-0.05, 0) is 41.0 Å². The van der Waals surface area contributed by atoms with Crippen LogP contribution < -0.4 is 16.7 Å². The quantitative estimate of drug-likeness (QED) is 0.717. The minimum atomic E-state index is -0.397. The molecule has 0 aromatic carbocycles. The summed E-state index contributed by atoms with van der Waals surface area (Å²) in [5.74, 6) is 0.193. The number of hydrogen-bond acceptors (Lipinski definition) is 5. The standard InChI is InChI=1S/C17H17FN6O2/c1-11(25)21-15-6-13(4-5-20-15)14-2-3-16-22-24(9-12(7-18)8-19)17(26)23(16)10-14/h2-7,10H,8-9,19H2,1H3,(H,20,21,25)/b12-7+. The maximum absolute atomic E-state index is 12.7. The highest BCUT2D eigenvalue weighted by Gasteiger charge is 2.10. The van der Waals surface area contributed by atoms with E-state index in [0.717, 1.165) is 15.8 Å². The van der Waals surface area contributed by atoms with Crippen LogP contribution in [0.5, 0.6) is 0 Å². The fourth-order valence-electron chi connectivity index (χ4n) is 2.49. The van der Waals surface area contributed by atoms with Gasteiger partial charge in [0.2, 0.25) is 5.91 Å². The molecule has 9 heteroatoms. The van der Waals surface area contributed by atoms with E-state index in [1.54, 1.807) is 36.7 Å². The molecule has 0 aliphatic heterocycles. The van der Waals surface area contributed by atoms with Gasteiger partial charge in [0.1, 0.15) is 5.82 Å². The molecule has 3 aromatic heterocycles. The number of carbonyl (C=O) groups is 1. The smallest absolute Gasteiger partial charge is 0.327 e. The van der Waals surface area contributed by atoms with Crippen molar-refractivity contribution in [1.29, 1.82) is 0 Å². The van der Waals surface area contributed by atoms with E-state index in [0.29, 0.717) is 17.8 Å². The van der Waals surface area contributed by atoms with Crippen molar-refractivity contribution < 1.29 is 9.18 Å². The Kier molecular flexibility index (Phi) is 4.90. The molecule has 0 aliphatic carbocycles. The molecule has 26 heavy (non-hydrogen) atoms. The Morgan fingerprint density at radius 2 is 2.15 bits per heavy atom. The zero-order chi connectivity index (χ0) is 18.7.